The van der Waals surface area contributed by atoms with Crippen LogP contribution in [0.1, 0.15) is 29.7 Å². The molecule has 0 aliphatic carbocycles. The van der Waals surface area contributed by atoms with Crippen LogP contribution in [0, 0.1) is 13.8 Å². The largest absolute Gasteiger partial charge is 0.496 e. The van der Waals surface area contributed by atoms with Crippen molar-refractivity contribution < 1.29 is 4.74 Å². The molecular formula is C12H19NO. The van der Waals surface area contributed by atoms with E-state index < -0.39 is 0 Å². The first-order chi connectivity index (χ1) is 6.61. The molecule has 0 saturated carbocycles. The molecule has 78 valence electrons. The molecule has 0 fully saturated rings. The van der Waals surface area contributed by atoms with Crippen LogP contribution in [0.2, 0.25) is 0 Å². The second kappa shape index (κ2) is 4.47. The van der Waals surface area contributed by atoms with E-state index in [1.807, 2.05) is 13.1 Å². The molecule has 0 heterocycles. The number of hydrogen-bond donors (Lipinski definition) is 1. The van der Waals surface area contributed by atoms with Crippen LogP contribution in [-0.2, 0) is 0 Å². The Kier molecular flexibility index (Phi) is 3.53. The van der Waals surface area contributed by atoms with Gasteiger partial charge in [-0.25, -0.2) is 0 Å². The molecule has 1 atom stereocenters. The molecule has 1 unspecified atom stereocenters. The summed E-state index contributed by atoms with van der Waals surface area (Å²) in [5.41, 5.74) is 3.88. The van der Waals surface area contributed by atoms with Crippen molar-refractivity contribution in [2.75, 3.05) is 14.2 Å². The summed E-state index contributed by atoms with van der Waals surface area (Å²) in [6.07, 6.45) is 0. The van der Waals surface area contributed by atoms with E-state index in [-0.39, 0.29) is 0 Å². The number of benzene rings is 1. The fourth-order valence-corrected chi connectivity index (χ4v) is 1.66. The van der Waals surface area contributed by atoms with Gasteiger partial charge >= 0.3 is 0 Å². The molecule has 1 N–H and O–H groups in total. The molecule has 0 aromatic heterocycles. The lowest BCUT2D eigenvalue weighted by molar-refractivity contribution is 0.411. The fourth-order valence-electron chi connectivity index (χ4n) is 1.66. The molecule has 0 bridgehead atoms. The van der Waals surface area contributed by atoms with E-state index in [1.54, 1.807) is 7.11 Å². The second-order valence-corrected chi connectivity index (χ2v) is 3.62. The molecule has 1 rings (SSSR count). The number of ether oxygens (including phenoxy) is 1. The maximum atomic E-state index is 5.27. The third-order valence-corrected chi connectivity index (χ3v) is 2.90. The maximum Gasteiger partial charge on any atom is 0.122 e. The predicted octanol–water partition coefficient (Wildman–Crippen LogP) is 2.59. The van der Waals surface area contributed by atoms with Gasteiger partial charge in [-0.15, -0.1) is 0 Å². The van der Waals surface area contributed by atoms with Gasteiger partial charge in [0.15, 0.2) is 0 Å². The summed E-state index contributed by atoms with van der Waals surface area (Å²) in [7, 11) is 3.69. The quantitative estimate of drug-likeness (QED) is 0.796. The van der Waals surface area contributed by atoms with Crippen molar-refractivity contribution in [1.82, 2.24) is 5.32 Å². The van der Waals surface area contributed by atoms with Crippen LogP contribution in [-0.4, -0.2) is 14.2 Å². The summed E-state index contributed by atoms with van der Waals surface area (Å²) in [5, 5.41) is 3.25. The summed E-state index contributed by atoms with van der Waals surface area (Å²) in [6.45, 7) is 6.40. The Morgan fingerprint density at radius 2 is 1.86 bits per heavy atom. The SMILES string of the molecule is CNC(C)c1ccc(OC)c(C)c1C. The van der Waals surface area contributed by atoms with Crippen LogP contribution < -0.4 is 10.1 Å². The molecule has 1 aromatic rings. The van der Waals surface area contributed by atoms with Crippen molar-refractivity contribution in [2.24, 2.45) is 0 Å². The van der Waals surface area contributed by atoms with E-state index in [0.29, 0.717) is 6.04 Å². The highest BCUT2D eigenvalue weighted by atomic mass is 16.5. The maximum absolute atomic E-state index is 5.27. The molecule has 0 spiro atoms. The van der Waals surface area contributed by atoms with Gasteiger partial charge in [0.05, 0.1) is 7.11 Å². The summed E-state index contributed by atoms with van der Waals surface area (Å²) in [5.74, 6) is 0.967. The summed E-state index contributed by atoms with van der Waals surface area (Å²) < 4.78 is 5.27. The Hall–Kier alpha value is -1.02. The summed E-state index contributed by atoms with van der Waals surface area (Å²) in [6, 6.07) is 4.55. The third kappa shape index (κ3) is 1.90. The van der Waals surface area contributed by atoms with Gasteiger partial charge in [0, 0.05) is 6.04 Å². The molecule has 1 aromatic carbocycles. The molecule has 0 amide bonds. The monoisotopic (exact) mass is 193 g/mol. The fraction of sp³-hybridized carbons (Fsp3) is 0.500. The standard InChI is InChI=1S/C12H19NO/c1-8-9(2)12(14-5)7-6-11(8)10(3)13-4/h6-7,10,13H,1-5H3. The molecular weight excluding hydrogens is 174 g/mol. The summed E-state index contributed by atoms with van der Waals surface area (Å²) >= 11 is 0. The van der Waals surface area contributed by atoms with Gasteiger partial charge in [-0.3, -0.25) is 0 Å². The second-order valence-electron chi connectivity index (χ2n) is 3.62. The summed E-state index contributed by atoms with van der Waals surface area (Å²) in [4.78, 5) is 0. The zero-order chi connectivity index (χ0) is 10.7. The molecule has 14 heavy (non-hydrogen) atoms. The number of methoxy groups -OCH3 is 1. The zero-order valence-corrected chi connectivity index (χ0v) is 9.64. The molecule has 0 saturated heterocycles. The molecule has 0 radical (unpaired) electrons. The Morgan fingerprint density at radius 3 is 2.36 bits per heavy atom. The van der Waals surface area contributed by atoms with Gasteiger partial charge in [-0.2, -0.15) is 0 Å². The average Bonchev–Trinajstić information content (AvgIpc) is 2.21. The predicted molar refractivity (Wildman–Crippen MR) is 59.9 cm³/mol. The molecule has 2 heteroatoms. The van der Waals surface area contributed by atoms with Crippen LogP contribution in [0.25, 0.3) is 0 Å². The first-order valence-electron chi connectivity index (χ1n) is 4.93. The minimum absolute atomic E-state index is 0.389. The van der Waals surface area contributed by atoms with Crippen molar-refractivity contribution in [3.63, 3.8) is 0 Å². The van der Waals surface area contributed by atoms with Gasteiger partial charge < -0.3 is 10.1 Å². The molecule has 0 aliphatic rings. The van der Waals surface area contributed by atoms with Crippen molar-refractivity contribution in [1.29, 1.82) is 0 Å². The van der Waals surface area contributed by atoms with Crippen molar-refractivity contribution >= 4 is 0 Å². The number of nitrogens with one attached hydrogen (secondary N) is 1. The number of rotatable bonds is 3. The van der Waals surface area contributed by atoms with E-state index in [4.69, 9.17) is 4.74 Å². The van der Waals surface area contributed by atoms with Crippen molar-refractivity contribution in [3.05, 3.63) is 28.8 Å². The van der Waals surface area contributed by atoms with E-state index in [1.165, 1.54) is 16.7 Å². The van der Waals surface area contributed by atoms with Gasteiger partial charge in [0.1, 0.15) is 5.75 Å². The minimum Gasteiger partial charge on any atom is -0.496 e. The topological polar surface area (TPSA) is 21.3 Å². The smallest absolute Gasteiger partial charge is 0.122 e. The van der Waals surface area contributed by atoms with E-state index in [9.17, 15) is 0 Å². The lowest BCUT2D eigenvalue weighted by Crippen LogP contribution is -2.14. The van der Waals surface area contributed by atoms with Crippen molar-refractivity contribution in [2.45, 2.75) is 26.8 Å². The van der Waals surface area contributed by atoms with Gasteiger partial charge in [-0.1, -0.05) is 6.07 Å². The Balaban J connectivity index is 3.17. The minimum atomic E-state index is 0.389. The van der Waals surface area contributed by atoms with Gasteiger partial charge in [0.25, 0.3) is 0 Å². The van der Waals surface area contributed by atoms with Crippen LogP contribution in [0.4, 0.5) is 0 Å². The van der Waals surface area contributed by atoms with Crippen LogP contribution in [0.15, 0.2) is 12.1 Å². The molecule has 0 aliphatic heterocycles. The Morgan fingerprint density at radius 1 is 1.21 bits per heavy atom. The van der Waals surface area contributed by atoms with Gasteiger partial charge in [-0.05, 0) is 50.6 Å². The third-order valence-electron chi connectivity index (χ3n) is 2.90. The highest BCUT2D eigenvalue weighted by Gasteiger charge is 2.10. The highest BCUT2D eigenvalue weighted by Crippen LogP contribution is 2.27. The first-order valence-corrected chi connectivity index (χ1v) is 4.93. The normalized spacial score (nSPS) is 12.6. The molecule has 2 nitrogen and oxygen atoms in total. The van der Waals surface area contributed by atoms with E-state index in [2.05, 4.69) is 32.2 Å². The Bertz CT molecular complexity index is 320. The van der Waals surface area contributed by atoms with E-state index in [0.717, 1.165) is 5.75 Å². The Labute approximate surface area is 86.3 Å². The lowest BCUT2D eigenvalue weighted by Gasteiger charge is -2.17. The average molecular weight is 193 g/mol. The van der Waals surface area contributed by atoms with Gasteiger partial charge in [0.2, 0.25) is 0 Å². The number of hydrogen-bond acceptors (Lipinski definition) is 2. The van der Waals surface area contributed by atoms with Crippen LogP contribution in [0.5, 0.6) is 5.75 Å². The van der Waals surface area contributed by atoms with E-state index >= 15 is 0 Å². The van der Waals surface area contributed by atoms with Crippen LogP contribution in [0.3, 0.4) is 0 Å². The highest BCUT2D eigenvalue weighted by molar-refractivity contribution is 5.44. The van der Waals surface area contributed by atoms with Crippen LogP contribution >= 0.6 is 0 Å². The first kappa shape index (κ1) is 11.1. The van der Waals surface area contributed by atoms with Crippen molar-refractivity contribution in [3.8, 4) is 5.75 Å². The lowest BCUT2D eigenvalue weighted by atomic mass is 9.98. The zero-order valence-electron chi connectivity index (χ0n) is 9.64.